The van der Waals surface area contributed by atoms with Gasteiger partial charge in [0.2, 0.25) is 0 Å². The Morgan fingerprint density at radius 2 is 1.09 bits per heavy atom. The Labute approximate surface area is 76.3 Å². The summed E-state index contributed by atoms with van der Waals surface area (Å²) in [7, 11) is 0. The molecule has 11 heavy (non-hydrogen) atoms. The molecule has 0 unspecified atom stereocenters. The van der Waals surface area contributed by atoms with Crippen LogP contribution in [0.1, 0.15) is 51.9 Å². The fourth-order valence-corrected chi connectivity index (χ4v) is 0.862. The standard InChI is InChI=1S/C5H10.C4H8.CH3Cl/c1-5-3-2-4-5;1-2-4-3-1;1-2/h5H,2-4H2,1H3;1-4H2;1H3. The van der Waals surface area contributed by atoms with Crippen LogP contribution in [-0.4, -0.2) is 6.38 Å². The first kappa shape index (κ1) is 11.3. The number of alkyl halides is 1. The van der Waals surface area contributed by atoms with Gasteiger partial charge in [0.1, 0.15) is 0 Å². The molecule has 2 aliphatic rings. The van der Waals surface area contributed by atoms with Gasteiger partial charge in [0.25, 0.3) is 0 Å². The number of halogens is 1. The Hall–Kier alpha value is 0.290. The monoisotopic (exact) mass is 176 g/mol. The molecule has 2 fully saturated rings. The highest BCUT2D eigenvalue weighted by Crippen LogP contribution is 2.24. The maximum Gasteiger partial charge on any atom is 0.0108 e. The normalized spacial score (nSPS) is 21.0. The second kappa shape index (κ2) is 8.39. The van der Waals surface area contributed by atoms with Gasteiger partial charge in [-0.25, -0.2) is 0 Å². The number of hydrogen-bond acceptors (Lipinski definition) is 0. The Morgan fingerprint density at radius 3 is 1.09 bits per heavy atom. The highest BCUT2D eigenvalue weighted by Gasteiger charge is 2.09. The lowest BCUT2D eigenvalue weighted by Gasteiger charge is -2.18. The lowest BCUT2D eigenvalue weighted by Crippen LogP contribution is -2.04. The molecule has 0 heterocycles. The van der Waals surface area contributed by atoms with Crippen LogP contribution in [0.25, 0.3) is 0 Å². The van der Waals surface area contributed by atoms with Crippen molar-refractivity contribution in [2.24, 2.45) is 5.92 Å². The van der Waals surface area contributed by atoms with Gasteiger partial charge in [-0.15, -0.1) is 11.6 Å². The van der Waals surface area contributed by atoms with Crippen LogP contribution in [0.4, 0.5) is 0 Å². The van der Waals surface area contributed by atoms with E-state index in [0.717, 1.165) is 5.92 Å². The number of hydrogen-bond donors (Lipinski definition) is 0. The molecule has 1 heteroatoms. The quantitative estimate of drug-likeness (QED) is 0.485. The molecule has 0 spiro atoms. The van der Waals surface area contributed by atoms with Gasteiger partial charge >= 0.3 is 0 Å². The summed E-state index contributed by atoms with van der Waals surface area (Å²) in [5, 5.41) is 0. The van der Waals surface area contributed by atoms with Crippen LogP contribution >= 0.6 is 11.6 Å². The largest absolute Gasteiger partial charge is 0.130 e. The third-order valence-corrected chi connectivity index (χ3v) is 2.39. The molecule has 0 aromatic rings. The molecule has 0 nitrogen and oxygen atoms in total. The summed E-state index contributed by atoms with van der Waals surface area (Å²) in [6.07, 6.45) is 11.9. The fraction of sp³-hybridized carbons (Fsp3) is 1.00. The Balaban J connectivity index is 0.000000152. The van der Waals surface area contributed by atoms with E-state index in [1.54, 1.807) is 0 Å². The molecule has 0 amide bonds. The number of rotatable bonds is 0. The Kier molecular flexibility index (Phi) is 8.61. The summed E-state index contributed by atoms with van der Waals surface area (Å²) in [5.74, 6) is 1.06. The van der Waals surface area contributed by atoms with E-state index in [1.165, 1.54) is 51.3 Å². The topological polar surface area (TPSA) is 0 Å². The average molecular weight is 177 g/mol. The molecular weight excluding hydrogens is 156 g/mol. The zero-order valence-electron chi connectivity index (χ0n) is 7.91. The van der Waals surface area contributed by atoms with Gasteiger partial charge in [-0.05, 0) is 5.92 Å². The summed E-state index contributed by atoms with van der Waals surface area (Å²) in [4.78, 5) is 0. The molecule has 0 radical (unpaired) electrons. The van der Waals surface area contributed by atoms with Gasteiger partial charge in [0, 0.05) is 6.38 Å². The molecule has 0 aromatic heterocycles. The van der Waals surface area contributed by atoms with Gasteiger partial charge in [0.15, 0.2) is 0 Å². The predicted molar refractivity (Wildman–Crippen MR) is 53.3 cm³/mol. The first-order chi connectivity index (χ1) is 5.39. The molecule has 2 rings (SSSR count). The van der Waals surface area contributed by atoms with E-state index in [9.17, 15) is 0 Å². The van der Waals surface area contributed by atoms with Crippen molar-refractivity contribution in [2.45, 2.75) is 51.9 Å². The smallest absolute Gasteiger partial charge is 0.0108 e. The molecule has 68 valence electrons. The minimum Gasteiger partial charge on any atom is -0.130 e. The van der Waals surface area contributed by atoms with E-state index in [1.807, 2.05) is 0 Å². The average Bonchev–Trinajstić information content (AvgIpc) is 1.85. The maximum atomic E-state index is 4.64. The van der Waals surface area contributed by atoms with Crippen molar-refractivity contribution in [1.82, 2.24) is 0 Å². The molecule has 0 aliphatic heterocycles. The SMILES string of the molecule is C1CCC1.CC1CCC1.CCl. The van der Waals surface area contributed by atoms with Crippen molar-refractivity contribution in [3.05, 3.63) is 0 Å². The lowest BCUT2D eigenvalue weighted by atomic mass is 9.88. The second-order valence-electron chi connectivity index (χ2n) is 3.45. The van der Waals surface area contributed by atoms with Crippen LogP contribution in [0.15, 0.2) is 0 Å². The van der Waals surface area contributed by atoms with E-state index in [0.29, 0.717) is 0 Å². The van der Waals surface area contributed by atoms with Gasteiger partial charge in [-0.1, -0.05) is 51.9 Å². The second-order valence-corrected chi connectivity index (χ2v) is 3.45. The molecular formula is C10H21Cl. The molecule has 0 bridgehead atoms. The van der Waals surface area contributed by atoms with Crippen LogP contribution in [0.3, 0.4) is 0 Å². The van der Waals surface area contributed by atoms with Crippen molar-refractivity contribution in [3.8, 4) is 0 Å². The first-order valence-electron chi connectivity index (χ1n) is 4.77. The molecule has 2 aliphatic carbocycles. The molecule has 0 aromatic carbocycles. The van der Waals surface area contributed by atoms with Crippen molar-refractivity contribution >= 4 is 11.6 Å². The summed E-state index contributed by atoms with van der Waals surface area (Å²) < 4.78 is 0. The van der Waals surface area contributed by atoms with Crippen LogP contribution in [0, 0.1) is 5.92 Å². The minimum atomic E-state index is 1.06. The van der Waals surface area contributed by atoms with Crippen LogP contribution in [0.5, 0.6) is 0 Å². The zero-order chi connectivity index (χ0) is 8.53. The lowest BCUT2D eigenvalue weighted by molar-refractivity contribution is 0.346. The summed E-state index contributed by atoms with van der Waals surface area (Å²) in [6, 6.07) is 0. The van der Waals surface area contributed by atoms with E-state index >= 15 is 0 Å². The highest BCUT2D eigenvalue weighted by atomic mass is 35.5. The predicted octanol–water partition coefficient (Wildman–Crippen LogP) is 4.22. The van der Waals surface area contributed by atoms with E-state index in [-0.39, 0.29) is 0 Å². The van der Waals surface area contributed by atoms with Gasteiger partial charge < -0.3 is 0 Å². The van der Waals surface area contributed by atoms with Gasteiger partial charge in [-0.2, -0.15) is 0 Å². The summed E-state index contributed by atoms with van der Waals surface area (Å²) >= 11 is 4.64. The third-order valence-electron chi connectivity index (χ3n) is 2.39. The van der Waals surface area contributed by atoms with Crippen molar-refractivity contribution in [3.63, 3.8) is 0 Å². The van der Waals surface area contributed by atoms with Crippen LogP contribution < -0.4 is 0 Å². The fourth-order valence-electron chi connectivity index (χ4n) is 0.862. The molecule has 0 N–H and O–H groups in total. The Bertz CT molecular complexity index is 59.3. The molecule has 0 saturated heterocycles. The van der Waals surface area contributed by atoms with Gasteiger partial charge in [-0.3, -0.25) is 0 Å². The van der Waals surface area contributed by atoms with Crippen LogP contribution in [0.2, 0.25) is 0 Å². The van der Waals surface area contributed by atoms with Crippen LogP contribution in [-0.2, 0) is 0 Å². The molecule has 0 atom stereocenters. The van der Waals surface area contributed by atoms with E-state index < -0.39 is 0 Å². The minimum absolute atomic E-state index is 1.06. The maximum absolute atomic E-state index is 4.64. The van der Waals surface area contributed by atoms with Crippen molar-refractivity contribution in [2.75, 3.05) is 6.38 Å². The highest BCUT2D eigenvalue weighted by molar-refractivity contribution is 6.15. The third kappa shape index (κ3) is 6.68. The van der Waals surface area contributed by atoms with Gasteiger partial charge in [0.05, 0.1) is 0 Å². The van der Waals surface area contributed by atoms with Crippen molar-refractivity contribution in [1.29, 1.82) is 0 Å². The zero-order valence-corrected chi connectivity index (χ0v) is 8.66. The summed E-state index contributed by atoms with van der Waals surface area (Å²) in [5.41, 5.74) is 0. The van der Waals surface area contributed by atoms with E-state index in [4.69, 9.17) is 0 Å². The first-order valence-corrected chi connectivity index (χ1v) is 5.53. The van der Waals surface area contributed by atoms with Crippen molar-refractivity contribution < 1.29 is 0 Å². The summed E-state index contributed by atoms with van der Waals surface area (Å²) in [6.45, 7) is 2.31. The van der Waals surface area contributed by atoms with E-state index in [2.05, 4.69) is 18.5 Å². The molecule has 2 saturated carbocycles. The Morgan fingerprint density at radius 1 is 0.818 bits per heavy atom.